The molecule has 0 atom stereocenters. The van der Waals surface area contributed by atoms with Gasteiger partial charge in [-0.15, -0.1) is 22.7 Å². The molecule has 0 saturated carbocycles. The summed E-state index contributed by atoms with van der Waals surface area (Å²) in [6.45, 7) is 0. The summed E-state index contributed by atoms with van der Waals surface area (Å²) >= 11 is 8.65. The van der Waals surface area contributed by atoms with Crippen molar-refractivity contribution in [2.45, 2.75) is 0 Å². The molecule has 0 aromatic carbocycles. The smallest absolute Gasteiger partial charge is 0.124 e. The highest BCUT2D eigenvalue weighted by Crippen LogP contribution is 2.36. The zero-order chi connectivity index (χ0) is 11.0. The van der Waals surface area contributed by atoms with Crippen LogP contribution >= 0.6 is 49.9 Å². The molecule has 80 valence electrons. The Hall–Kier alpha value is -0.490. The topological polar surface area (TPSA) is 12.9 Å². The third-order valence-electron chi connectivity index (χ3n) is 2.12. The lowest BCUT2D eigenvalue weighted by Crippen LogP contribution is -1.74. The largest absolute Gasteiger partial charge is 0.235 e. The van der Waals surface area contributed by atoms with Crippen LogP contribution in [0.3, 0.4) is 0 Å². The van der Waals surface area contributed by atoms with Gasteiger partial charge in [-0.3, -0.25) is 0 Å². The van der Waals surface area contributed by atoms with Gasteiger partial charge in [0.1, 0.15) is 5.01 Å². The number of thiazole rings is 1. The molecule has 0 amide bonds. The summed E-state index contributed by atoms with van der Waals surface area (Å²) in [5.41, 5.74) is 2.28. The fourth-order valence-corrected chi connectivity index (χ4v) is 4.51. The Morgan fingerprint density at radius 2 is 2.00 bits per heavy atom. The minimum absolute atomic E-state index is 1.06. The maximum atomic E-state index is 4.66. The van der Waals surface area contributed by atoms with E-state index in [1.807, 2.05) is 0 Å². The highest BCUT2D eigenvalue weighted by Gasteiger charge is 2.10. The molecule has 5 heteroatoms. The van der Waals surface area contributed by atoms with Gasteiger partial charge >= 0.3 is 0 Å². The molecule has 3 aromatic heterocycles. The summed E-state index contributed by atoms with van der Waals surface area (Å²) in [4.78, 5) is 5.87. The van der Waals surface area contributed by atoms with Crippen LogP contribution in [0.15, 0.2) is 38.1 Å². The molecule has 0 N–H and O–H groups in total. The van der Waals surface area contributed by atoms with Crippen molar-refractivity contribution < 1.29 is 0 Å². The van der Waals surface area contributed by atoms with Crippen molar-refractivity contribution in [3.8, 4) is 21.1 Å². The van der Waals surface area contributed by atoms with Gasteiger partial charge in [0.15, 0.2) is 0 Å². The first-order valence-corrected chi connectivity index (χ1v) is 8.05. The quantitative estimate of drug-likeness (QED) is 0.617. The second-order valence-corrected chi connectivity index (χ2v) is 6.56. The van der Waals surface area contributed by atoms with Crippen LogP contribution in [-0.4, -0.2) is 4.98 Å². The van der Waals surface area contributed by atoms with Crippen LogP contribution in [0.4, 0.5) is 0 Å². The van der Waals surface area contributed by atoms with E-state index in [9.17, 15) is 0 Å². The minimum Gasteiger partial charge on any atom is -0.235 e. The fourth-order valence-electron chi connectivity index (χ4n) is 1.37. The Balaban J connectivity index is 2.03. The van der Waals surface area contributed by atoms with Crippen molar-refractivity contribution >= 4 is 49.9 Å². The number of thiophene rings is 2. The number of hydrogen-bond acceptors (Lipinski definition) is 4. The van der Waals surface area contributed by atoms with E-state index in [0.717, 1.165) is 15.2 Å². The predicted molar refractivity (Wildman–Crippen MR) is 76.4 cm³/mol. The summed E-state index contributed by atoms with van der Waals surface area (Å²) in [6.07, 6.45) is 0. The molecule has 0 aliphatic heterocycles. The lowest BCUT2D eigenvalue weighted by atomic mass is 10.3. The van der Waals surface area contributed by atoms with Gasteiger partial charge in [-0.1, -0.05) is 0 Å². The maximum Gasteiger partial charge on any atom is 0.124 e. The van der Waals surface area contributed by atoms with Crippen LogP contribution < -0.4 is 0 Å². The van der Waals surface area contributed by atoms with Crippen LogP contribution in [0.1, 0.15) is 0 Å². The zero-order valence-electron chi connectivity index (χ0n) is 8.01. The molecule has 0 aliphatic carbocycles. The first-order valence-electron chi connectivity index (χ1n) is 4.56. The number of hydrogen-bond donors (Lipinski definition) is 0. The number of aromatic nitrogens is 1. The molecule has 0 aliphatic rings. The van der Waals surface area contributed by atoms with E-state index >= 15 is 0 Å². The SMILES string of the molecule is Brc1ccsc1-c1csc(-c2ccsc2)n1. The van der Waals surface area contributed by atoms with Gasteiger partial charge in [0.25, 0.3) is 0 Å². The molecular weight excluding hydrogens is 322 g/mol. The van der Waals surface area contributed by atoms with Crippen LogP contribution in [0.2, 0.25) is 0 Å². The zero-order valence-corrected chi connectivity index (χ0v) is 12.0. The third kappa shape index (κ3) is 1.88. The Labute approximate surface area is 114 Å². The normalized spacial score (nSPS) is 10.8. The Morgan fingerprint density at radius 3 is 2.69 bits per heavy atom. The first kappa shape index (κ1) is 10.7. The summed E-state index contributed by atoms with van der Waals surface area (Å²) in [5, 5.41) is 9.49. The molecule has 0 unspecified atom stereocenters. The molecule has 0 radical (unpaired) electrons. The van der Waals surface area contributed by atoms with Crippen molar-refractivity contribution in [2.75, 3.05) is 0 Å². The summed E-state index contributed by atoms with van der Waals surface area (Å²) in [5.74, 6) is 0. The van der Waals surface area contributed by atoms with Gasteiger partial charge in [0.2, 0.25) is 0 Å². The summed E-state index contributed by atoms with van der Waals surface area (Å²) in [7, 11) is 0. The number of rotatable bonds is 2. The Bertz CT molecular complexity index is 594. The fraction of sp³-hybridized carbons (Fsp3) is 0. The molecule has 1 nitrogen and oxygen atoms in total. The maximum absolute atomic E-state index is 4.66. The third-order valence-corrected chi connectivity index (χ3v) is 5.56. The van der Waals surface area contributed by atoms with Gasteiger partial charge in [0, 0.05) is 20.8 Å². The van der Waals surface area contributed by atoms with E-state index in [1.165, 1.54) is 10.4 Å². The molecule has 16 heavy (non-hydrogen) atoms. The van der Waals surface area contributed by atoms with Crippen LogP contribution in [0, 0.1) is 0 Å². The van der Waals surface area contributed by atoms with Crippen LogP contribution in [0.25, 0.3) is 21.1 Å². The minimum atomic E-state index is 1.06. The molecule has 3 heterocycles. The average molecular weight is 328 g/mol. The highest BCUT2D eigenvalue weighted by atomic mass is 79.9. The lowest BCUT2D eigenvalue weighted by Gasteiger charge is -1.91. The monoisotopic (exact) mass is 327 g/mol. The van der Waals surface area contributed by atoms with E-state index in [1.54, 1.807) is 34.0 Å². The molecule has 3 rings (SSSR count). The van der Waals surface area contributed by atoms with Crippen LogP contribution in [-0.2, 0) is 0 Å². The second kappa shape index (κ2) is 4.41. The predicted octanol–water partition coefficient (Wildman–Crippen LogP) is 5.36. The average Bonchev–Trinajstić information content (AvgIpc) is 2.96. The standard InChI is InChI=1S/C11H6BrNS3/c12-8-2-4-15-10(8)9-6-16-11(13-9)7-1-3-14-5-7/h1-6H. The van der Waals surface area contributed by atoms with Crippen molar-refractivity contribution in [3.63, 3.8) is 0 Å². The number of nitrogens with zero attached hydrogens (tertiary/aromatic N) is 1. The summed E-state index contributed by atoms with van der Waals surface area (Å²) < 4.78 is 1.12. The van der Waals surface area contributed by atoms with Gasteiger partial charge in [-0.25, -0.2) is 4.98 Å². The van der Waals surface area contributed by atoms with Crippen molar-refractivity contribution in [1.29, 1.82) is 0 Å². The van der Waals surface area contributed by atoms with Gasteiger partial charge < -0.3 is 0 Å². The molecule has 3 aromatic rings. The molecule has 0 spiro atoms. The molecule has 0 fully saturated rings. The van der Waals surface area contributed by atoms with Gasteiger partial charge in [0.05, 0.1) is 10.6 Å². The number of halogens is 1. The van der Waals surface area contributed by atoms with Gasteiger partial charge in [-0.2, -0.15) is 11.3 Å². The Morgan fingerprint density at radius 1 is 1.06 bits per heavy atom. The first-order chi connectivity index (χ1) is 7.84. The Kier molecular flexibility index (Phi) is 2.93. The lowest BCUT2D eigenvalue weighted by molar-refractivity contribution is 1.42. The highest BCUT2D eigenvalue weighted by molar-refractivity contribution is 9.10. The van der Waals surface area contributed by atoms with E-state index in [4.69, 9.17) is 0 Å². The molecule has 0 bridgehead atoms. The van der Waals surface area contributed by atoms with Crippen molar-refractivity contribution in [2.24, 2.45) is 0 Å². The molecule has 0 saturated heterocycles. The van der Waals surface area contributed by atoms with Crippen LogP contribution in [0.5, 0.6) is 0 Å². The van der Waals surface area contributed by atoms with E-state index < -0.39 is 0 Å². The van der Waals surface area contributed by atoms with Crippen molar-refractivity contribution in [3.05, 3.63) is 38.1 Å². The molecular formula is C11H6BrNS3. The summed E-state index contributed by atoms with van der Waals surface area (Å²) in [6, 6.07) is 4.17. The second-order valence-electron chi connectivity index (χ2n) is 3.15. The van der Waals surface area contributed by atoms with E-state index in [2.05, 4.69) is 54.6 Å². The van der Waals surface area contributed by atoms with Crippen molar-refractivity contribution in [1.82, 2.24) is 4.98 Å². The van der Waals surface area contributed by atoms with Gasteiger partial charge in [-0.05, 0) is 38.8 Å². The van der Waals surface area contributed by atoms with E-state index in [-0.39, 0.29) is 0 Å². The van der Waals surface area contributed by atoms with E-state index in [0.29, 0.717) is 0 Å².